The van der Waals surface area contributed by atoms with Gasteiger partial charge in [-0.2, -0.15) is 5.10 Å². The summed E-state index contributed by atoms with van der Waals surface area (Å²) in [5.41, 5.74) is 12.9. The lowest BCUT2D eigenvalue weighted by molar-refractivity contribution is 0.0995. The third kappa shape index (κ3) is 2.60. The van der Waals surface area contributed by atoms with Gasteiger partial charge in [-0.1, -0.05) is 22.0 Å². The van der Waals surface area contributed by atoms with E-state index in [2.05, 4.69) is 21.0 Å². The molecule has 1 heterocycles. The van der Waals surface area contributed by atoms with E-state index in [1.807, 2.05) is 18.2 Å². The van der Waals surface area contributed by atoms with E-state index < -0.39 is 5.91 Å². The van der Waals surface area contributed by atoms with Gasteiger partial charge < -0.3 is 11.5 Å². The molecule has 94 valence electrons. The largest absolute Gasteiger partial charge is 0.364 e. The van der Waals surface area contributed by atoms with Crippen LogP contribution in [0.25, 0.3) is 5.69 Å². The first-order valence-electron chi connectivity index (χ1n) is 5.46. The molecule has 0 radical (unpaired) electrons. The molecule has 0 saturated carbocycles. The first-order chi connectivity index (χ1) is 8.61. The third-order valence-electron chi connectivity index (χ3n) is 2.56. The van der Waals surface area contributed by atoms with Gasteiger partial charge in [0, 0.05) is 10.7 Å². The number of carbonyl (C=O) groups excluding carboxylic acids is 1. The zero-order valence-electron chi connectivity index (χ0n) is 9.64. The Balaban J connectivity index is 2.33. The summed E-state index contributed by atoms with van der Waals surface area (Å²) >= 11 is 3.49. The van der Waals surface area contributed by atoms with Gasteiger partial charge in [0.25, 0.3) is 5.91 Å². The molecular formula is C12H13BrN4O. The van der Waals surface area contributed by atoms with Gasteiger partial charge in [-0.3, -0.25) is 4.79 Å². The lowest BCUT2D eigenvalue weighted by atomic mass is 10.1. The molecule has 0 bridgehead atoms. The normalized spacial score (nSPS) is 10.6. The average Bonchev–Trinajstić information content (AvgIpc) is 2.81. The van der Waals surface area contributed by atoms with Crippen molar-refractivity contribution in [3.63, 3.8) is 0 Å². The van der Waals surface area contributed by atoms with Crippen LogP contribution >= 0.6 is 15.9 Å². The number of nitrogens with two attached hydrogens (primary N) is 2. The summed E-state index contributed by atoms with van der Waals surface area (Å²) in [5, 5.41) is 4.09. The van der Waals surface area contributed by atoms with Crippen molar-refractivity contribution in [3.05, 3.63) is 46.2 Å². The monoisotopic (exact) mass is 308 g/mol. The fourth-order valence-corrected chi connectivity index (χ4v) is 2.20. The molecule has 2 aromatic rings. The maximum atomic E-state index is 11.0. The number of nitrogens with zero attached hydrogens (tertiary/aromatic N) is 2. The van der Waals surface area contributed by atoms with Gasteiger partial charge in [0.15, 0.2) is 0 Å². The Morgan fingerprint density at radius 2 is 2.17 bits per heavy atom. The maximum absolute atomic E-state index is 11.0. The first-order valence-corrected chi connectivity index (χ1v) is 6.25. The quantitative estimate of drug-likeness (QED) is 0.890. The average molecular weight is 309 g/mol. The second kappa shape index (κ2) is 5.32. The maximum Gasteiger partial charge on any atom is 0.269 e. The van der Waals surface area contributed by atoms with Crippen molar-refractivity contribution in [2.75, 3.05) is 6.54 Å². The summed E-state index contributed by atoms with van der Waals surface area (Å²) in [6.07, 6.45) is 2.51. The SMILES string of the molecule is NCCc1ccc(-n2ccc(C(N)=O)n2)cc1Br. The van der Waals surface area contributed by atoms with Crippen molar-refractivity contribution in [3.8, 4) is 5.69 Å². The van der Waals surface area contributed by atoms with Crippen LogP contribution in [0.5, 0.6) is 0 Å². The van der Waals surface area contributed by atoms with Crippen LogP contribution in [-0.2, 0) is 6.42 Å². The van der Waals surface area contributed by atoms with Crippen LogP contribution < -0.4 is 11.5 Å². The van der Waals surface area contributed by atoms with Crippen LogP contribution in [0.3, 0.4) is 0 Å². The molecule has 5 nitrogen and oxygen atoms in total. The van der Waals surface area contributed by atoms with Crippen molar-refractivity contribution in [1.82, 2.24) is 9.78 Å². The molecular weight excluding hydrogens is 296 g/mol. The molecule has 0 aliphatic heterocycles. The number of benzene rings is 1. The number of amides is 1. The smallest absolute Gasteiger partial charge is 0.269 e. The summed E-state index contributed by atoms with van der Waals surface area (Å²) in [7, 11) is 0. The molecule has 0 fully saturated rings. The highest BCUT2D eigenvalue weighted by Crippen LogP contribution is 2.21. The molecule has 0 spiro atoms. The number of carbonyl (C=O) groups is 1. The van der Waals surface area contributed by atoms with Gasteiger partial charge >= 0.3 is 0 Å². The molecule has 4 N–H and O–H groups in total. The second-order valence-corrected chi connectivity index (χ2v) is 4.68. The predicted molar refractivity (Wildman–Crippen MR) is 72.5 cm³/mol. The van der Waals surface area contributed by atoms with Crippen molar-refractivity contribution in [2.45, 2.75) is 6.42 Å². The lowest BCUT2D eigenvalue weighted by Gasteiger charge is -2.06. The molecule has 18 heavy (non-hydrogen) atoms. The zero-order chi connectivity index (χ0) is 13.1. The number of primary amides is 1. The summed E-state index contributed by atoms with van der Waals surface area (Å²) in [5.74, 6) is -0.535. The van der Waals surface area contributed by atoms with Crippen LogP contribution in [0.2, 0.25) is 0 Å². The minimum absolute atomic E-state index is 0.247. The van der Waals surface area contributed by atoms with E-state index in [9.17, 15) is 4.79 Å². The minimum atomic E-state index is -0.535. The van der Waals surface area contributed by atoms with E-state index in [0.29, 0.717) is 6.54 Å². The fourth-order valence-electron chi connectivity index (χ4n) is 1.64. The molecule has 0 unspecified atom stereocenters. The highest BCUT2D eigenvalue weighted by atomic mass is 79.9. The molecule has 0 saturated heterocycles. The highest BCUT2D eigenvalue weighted by molar-refractivity contribution is 9.10. The van der Waals surface area contributed by atoms with E-state index in [1.165, 1.54) is 0 Å². The van der Waals surface area contributed by atoms with E-state index in [1.54, 1.807) is 16.9 Å². The summed E-state index contributed by atoms with van der Waals surface area (Å²) in [4.78, 5) is 11.0. The standard InChI is InChI=1S/C12H13BrN4O/c13-10-7-9(2-1-8(10)3-5-14)17-6-4-11(16-17)12(15)18/h1-2,4,6-7H,3,5,14H2,(H2,15,18). The Labute approximate surface area is 113 Å². The minimum Gasteiger partial charge on any atom is -0.364 e. The Morgan fingerprint density at radius 3 is 2.72 bits per heavy atom. The second-order valence-electron chi connectivity index (χ2n) is 3.82. The third-order valence-corrected chi connectivity index (χ3v) is 3.29. The summed E-state index contributed by atoms with van der Waals surface area (Å²) in [6, 6.07) is 7.43. The summed E-state index contributed by atoms with van der Waals surface area (Å²) < 4.78 is 2.58. The number of hydrogen-bond acceptors (Lipinski definition) is 3. The van der Waals surface area contributed by atoms with Crippen LogP contribution in [0.15, 0.2) is 34.9 Å². The fraction of sp³-hybridized carbons (Fsp3) is 0.167. The van der Waals surface area contributed by atoms with Crippen LogP contribution in [0, 0.1) is 0 Å². The number of halogens is 1. The van der Waals surface area contributed by atoms with E-state index >= 15 is 0 Å². The molecule has 2 rings (SSSR count). The number of hydrogen-bond donors (Lipinski definition) is 2. The Morgan fingerprint density at radius 1 is 1.39 bits per heavy atom. The highest BCUT2D eigenvalue weighted by Gasteiger charge is 2.07. The van der Waals surface area contributed by atoms with Crippen LogP contribution in [-0.4, -0.2) is 22.2 Å². The molecule has 1 amide bonds. The van der Waals surface area contributed by atoms with E-state index in [-0.39, 0.29) is 5.69 Å². The van der Waals surface area contributed by atoms with Gasteiger partial charge in [-0.15, -0.1) is 0 Å². The molecule has 1 aromatic carbocycles. The Bertz CT molecular complexity index is 579. The van der Waals surface area contributed by atoms with Crippen molar-refractivity contribution < 1.29 is 4.79 Å². The van der Waals surface area contributed by atoms with E-state index in [4.69, 9.17) is 11.5 Å². The van der Waals surface area contributed by atoms with Gasteiger partial charge in [0.05, 0.1) is 5.69 Å². The molecule has 0 aliphatic rings. The summed E-state index contributed by atoms with van der Waals surface area (Å²) in [6.45, 7) is 0.603. The van der Waals surface area contributed by atoms with Gasteiger partial charge in [-0.25, -0.2) is 4.68 Å². The Hall–Kier alpha value is -1.66. The van der Waals surface area contributed by atoms with Crippen LogP contribution in [0.1, 0.15) is 16.1 Å². The number of rotatable bonds is 4. The lowest BCUT2D eigenvalue weighted by Crippen LogP contribution is -2.12. The van der Waals surface area contributed by atoms with Crippen molar-refractivity contribution in [2.24, 2.45) is 11.5 Å². The Kier molecular flexibility index (Phi) is 3.78. The molecule has 1 aromatic heterocycles. The first kappa shape index (κ1) is 12.8. The predicted octanol–water partition coefficient (Wildman–Crippen LogP) is 1.23. The number of aromatic nitrogens is 2. The van der Waals surface area contributed by atoms with Gasteiger partial charge in [0.1, 0.15) is 5.69 Å². The van der Waals surface area contributed by atoms with Gasteiger partial charge in [0.2, 0.25) is 0 Å². The molecule has 0 atom stereocenters. The van der Waals surface area contributed by atoms with Crippen molar-refractivity contribution >= 4 is 21.8 Å². The zero-order valence-corrected chi connectivity index (χ0v) is 11.2. The van der Waals surface area contributed by atoms with Gasteiger partial charge in [-0.05, 0) is 36.7 Å². The van der Waals surface area contributed by atoms with Crippen LogP contribution in [0.4, 0.5) is 0 Å². The van der Waals surface area contributed by atoms with E-state index in [0.717, 1.165) is 22.1 Å². The molecule has 6 heteroatoms. The molecule has 0 aliphatic carbocycles. The van der Waals surface area contributed by atoms with Crippen molar-refractivity contribution in [1.29, 1.82) is 0 Å². The topological polar surface area (TPSA) is 86.9 Å².